The van der Waals surface area contributed by atoms with Crippen LogP contribution in [-0.2, 0) is 68.2 Å². The van der Waals surface area contributed by atoms with Crippen molar-refractivity contribution in [1.29, 1.82) is 0 Å². The third kappa shape index (κ3) is 16.9. The number of alkyl halides is 2. The van der Waals surface area contributed by atoms with Crippen molar-refractivity contribution < 1.29 is 127 Å². The van der Waals surface area contributed by atoms with Crippen LogP contribution in [0.25, 0.3) is 10.8 Å². The van der Waals surface area contributed by atoms with E-state index in [2.05, 4.69) is 31.9 Å². The molecule has 9 rings (SSSR count). The van der Waals surface area contributed by atoms with E-state index in [-0.39, 0.29) is 83.6 Å². The fraction of sp³-hybridized carbons (Fsp3) is 0.774. The van der Waals surface area contributed by atoms with Crippen LogP contribution in [0.15, 0.2) is 12.1 Å². The molecule has 2 aromatic carbocycles. The lowest BCUT2D eigenvalue weighted by Gasteiger charge is -2.46. The van der Waals surface area contributed by atoms with E-state index in [9.17, 15) is 70.6 Å². The topological polar surface area (TPSA) is 399 Å². The molecule has 6 aliphatic heterocycles. The predicted molar refractivity (Wildman–Crippen MR) is 329 cm³/mol. The Kier molecular flexibility index (Phi) is 25.7. The van der Waals surface area contributed by atoms with Gasteiger partial charge >= 0.3 is 0 Å². The molecule has 1 unspecified atom stereocenters. The van der Waals surface area contributed by atoms with E-state index >= 15 is 4.79 Å². The number of amides is 2. The zero-order chi connectivity index (χ0) is 67.5. The molecule has 6 heterocycles. The first-order valence-electron chi connectivity index (χ1n) is 31.4. The van der Waals surface area contributed by atoms with Crippen molar-refractivity contribution in [3.05, 3.63) is 28.8 Å². The number of hydrogen-bond donors (Lipinski definition) is 11. The van der Waals surface area contributed by atoms with Crippen molar-refractivity contribution >= 4 is 66.0 Å². The SMILES string of the molecule is CO[C@H](C(=O)[C@@H](O)[C@@H](C)O)C1Cc2cc3cc(O[C@H]4C[C@@H](O[C@H]5C[C@@H](O)[C@H](O)[C@@H](C)O5)[C@@H](O)[C@@H](C)O4)c(C)c(O)c3c(O)c2C(=O)[C@H]1O[C@H]1C[C@@H](O[C@H]2C[C@@H](O[C@H]3C[C@](C)(O)[C@H](O)[C@@H](C)O3)[C@H](O)[C@@H](C)O2)[C@H](O)[C@@H](C)O1.O=C(CCBr)N1CCN(C(=O)CCBr)CC1. The van der Waals surface area contributed by atoms with E-state index in [1.165, 1.54) is 46.9 Å². The minimum absolute atomic E-state index is 0.0365. The van der Waals surface area contributed by atoms with Crippen LogP contribution >= 0.6 is 31.9 Å². The van der Waals surface area contributed by atoms with Crippen LogP contribution in [0.1, 0.15) is 115 Å². The number of ketones is 2. The monoisotopic (exact) mass is 1440 g/mol. The summed E-state index contributed by atoms with van der Waals surface area (Å²) in [7, 11) is 1.18. The number of benzene rings is 2. The molecule has 1 aliphatic carbocycles. The van der Waals surface area contributed by atoms with Crippen molar-refractivity contribution in [3.8, 4) is 17.2 Å². The number of nitrogens with zero attached hydrogens (tertiary/aromatic N) is 2. The van der Waals surface area contributed by atoms with Gasteiger partial charge in [-0.15, -0.1) is 0 Å². The van der Waals surface area contributed by atoms with Gasteiger partial charge in [-0.2, -0.15) is 0 Å². The molecule has 92 heavy (non-hydrogen) atoms. The number of carbonyl (C=O) groups is 4. The number of fused-ring (bicyclic) bond motifs is 2. The first kappa shape index (κ1) is 74.4. The number of aliphatic hydroxyl groups excluding tert-OH is 8. The number of methoxy groups -OCH3 is 1. The summed E-state index contributed by atoms with van der Waals surface area (Å²) in [5.74, 6) is -3.73. The average molecular weight is 1440 g/mol. The minimum Gasteiger partial charge on any atom is -0.507 e. The second-order valence-electron chi connectivity index (χ2n) is 25.4. The minimum atomic E-state index is -1.95. The van der Waals surface area contributed by atoms with Gasteiger partial charge in [0.2, 0.25) is 18.1 Å². The van der Waals surface area contributed by atoms with Gasteiger partial charge in [-0.05, 0) is 84.9 Å². The Bertz CT molecular complexity index is 2810. The third-order valence-electron chi connectivity index (χ3n) is 18.5. The fourth-order valence-electron chi connectivity index (χ4n) is 13.0. The van der Waals surface area contributed by atoms with Crippen LogP contribution in [0.3, 0.4) is 0 Å². The zero-order valence-electron chi connectivity index (χ0n) is 53.1. The highest BCUT2D eigenvalue weighted by Gasteiger charge is 2.52. The highest BCUT2D eigenvalue weighted by molar-refractivity contribution is 9.09. The molecule has 520 valence electrons. The van der Waals surface area contributed by atoms with Gasteiger partial charge in [0.05, 0.1) is 77.6 Å². The lowest BCUT2D eigenvalue weighted by molar-refractivity contribution is -0.334. The maximum absolute atomic E-state index is 15.0. The Morgan fingerprint density at radius 1 is 0.663 bits per heavy atom. The molecule has 28 nitrogen and oxygen atoms in total. The maximum Gasteiger partial charge on any atom is 0.223 e. The summed E-state index contributed by atoms with van der Waals surface area (Å²) in [5, 5.41) is 122. The summed E-state index contributed by atoms with van der Waals surface area (Å²) in [5.41, 5.74) is -1.47. The number of halogens is 2. The summed E-state index contributed by atoms with van der Waals surface area (Å²) >= 11 is 6.51. The molecule has 0 bridgehead atoms. The molecule has 6 saturated heterocycles. The van der Waals surface area contributed by atoms with Gasteiger partial charge in [0.15, 0.2) is 36.7 Å². The summed E-state index contributed by atoms with van der Waals surface area (Å²) in [6.45, 7) is 14.8. The van der Waals surface area contributed by atoms with Gasteiger partial charge < -0.3 is 118 Å². The Balaban J connectivity index is 0.000000594. The van der Waals surface area contributed by atoms with Gasteiger partial charge in [0.1, 0.15) is 66.1 Å². The van der Waals surface area contributed by atoms with Crippen LogP contribution in [0.4, 0.5) is 0 Å². The van der Waals surface area contributed by atoms with Crippen molar-refractivity contribution in [2.75, 3.05) is 43.9 Å². The molecule has 2 amide bonds. The normalized spacial score (nSPS) is 38.0. The number of hydrogen-bond acceptors (Lipinski definition) is 26. The molecule has 0 saturated carbocycles. The third-order valence-corrected chi connectivity index (χ3v) is 19.3. The molecule has 25 atom stereocenters. The van der Waals surface area contributed by atoms with E-state index in [0.717, 1.165) is 0 Å². The van der Waals surface area contributed by atoms with E-state index in [1.807, 2.05) is 9.80 Å². The van der Waals surface area contributed by atoms with Crippen LogP contribution in [0.5, 0.6) is 17.2 Å². The van der Waals surface area contributed by atoms with E-state index in [4.69, 9.17) is 52.1 Å². The molecular weight excluding hydrogens is 1350 g/mol. The predicted octanol–water partition coefficient (Wildman–Crippen LogP) is 0.978. The van der Waals surface area contributed by atoms with Gasteiger partial charge in [0.25, 0.3) is 0 Å². The van der Waals surface area contributed by atoms with Crippen LogP contribution in [0.2, 0.25) is 0 Å². The molecule has 0 aromatic heterocycles. The van der Waals surface area contributed by atoms with Crippen molar-refractivity contribution in [2.24, 2.45) is 5.92 Å². The van der Waals surface area contributed by atoms with Crippen molar-refractivity contribution in [3.63, 3.8) is 0 Å². The maximum atomic E-state index is 15.0. The number of phenolic OH excluding ortho intramolecular Hbond substituents is 2. The van der Waals surface area contributed by atoms with E-state index < -0.39 is 176 Å². The Morgan fingerprint density at radius 3 is 1.60 bits per heavy atom. The van der Waals surface area contributed by atoms with Crippen molar-refractivity contribution in [1.82, 2.24) is 9.80 Å². The molecule has 2 aromatic rings. The number of phenols is 2. The summed E-state index contributed by atoms with van der Waals surface area (Å²) in [4.78, 5) is 55.8. The largest absolute Gasteiger partial charge is 0.507 e. The Morgan fingerprint density at radius 2 is 1.12 bits per heavy atom. The highest BCUT2D eigenvalue weighted by Crippen LogP contribution is 2.48. The first-order valence-corrected chi connectivity index (χ1v) is 33.6. The molecular formula is C62H92Br2N2O26. The van der Waals surface area contributed by atoms with Crippen molar-refractivity contribution in [2.45, 2.75) is 254 Å². The van der Waals surface area contributed by atoms with Gasteiger partial charge in [-0.1, -0.05) is 31.9 Å². The van der Waals surface area contributed by atoms with Crippen LogP contribution in [-0.4, -0.2) is 280 Å². The van der Waals surface area contributed by atoms with E-state index in [0.29, 0.717) is 49.7 Å². The number of Topliss-reactive ketones (excluding diaryl/α,β-unsaturated/α-hetero) is 2. The second kappa shape index (κ2) is 31.8. The second-order valence-corrected chi connectivity index (χ2v) is 26.9. The van der Waals surface area contributed by atoms with Gasteiger partial charge in [0, 0.05) is 100 Å². The lowest BCUT2D eigenvalue weighted by Crippen LogP contribution is -2.58. The molecule has 11 N–H and O–H groups in total. The molecule has 0 radical (unpaired) electrons. The standard InChI is InChI=1S/C52H76O24.C10H16Br2N2O2/c1-18-29(72-34-14-30(43(58)21(4)68-34)73-33-13-28(54)42(57)20(3)67-33)12-26-10-25-11-27(49(66-9)48(63)41(56)19(2)53)50(47(62)39(25)46(61)38(26)40(18)55)76-36-16-31(44(59)23(6)70-36)74-35-15-32(45(60)22(5)69-35)75-37-17-52(8,65)51(64)24(7)71-37;11-3-1-9(15)13-5-7-14(8-6-13)10(16)2-4-12/h10,12,19-24,27-28,30-37,41-45,49-51,53-61,64-65H,11,13-17H2,1-9H3;1-8H2/t19-,20-,21-,22-,23-,24-,27?,28-,30-,31-,32-,33+,34+,35+,36+,37+,41+,42-,43+,44-,45-,49+,50+,51-,52+;/m1./s1. The highest BCUT2D eigenvalue weighted by atomic mass is 79.9. The lowest BCUT2D eigenvalue weighted by atomic mass is 9.75. The zero-order valence-corrected chi connectivity index (χ0v) is 56.3. The van der Waals surface area contributed by atoms with Gasteiger partial charge in [-0.3, -0.25) is 19.2 Å². The molecule has 30 heteroatoms. The summed E-state index contributed by atoms with van der Waals surface area (Å²) < 4.78 is 66.5. The van der Waals surface area contributed by atoms with Crippen LogP contribution < -0.4 is 4.74 Å². The van der Waals surface area contributed by atoms with Gasteiger partial charge in [-0.25, -0.2) is 0 Å². The summed E-state index contributed by atoms with van der Waals surface area (Å²) in [6.07, 6.45) is -25.9. The number of aromatic hydroxyl groups is 2. The fourth-order valence-corrected chi connectivity index (χ4v) is 13.7. The Hall–Kier alpha value is -3.42. The quantitative estimate of drug-likeness (QED) is 0.0873. The smallest absolute Gasteiger partial charge is 0.223 e. The summed E-state index contributed by atoms with van der Waals surface area (Å²) in [6, 6.07) is 3.03. The molecule has 0 spiro atoms. The molecule has 6 fully saturated rings. The molecule has 7 aliphatic rings. The van der Waals surface area contributed by atoms with Crippen LogP contribution in [0, 0.1) is 12.8 Å². The number of piperazine rings is 1. The average Bonchev–Trinajstić information content (AvgIpc) is 0.734. The first-order chi connectivity index (χ1) is 43.4. The Labute approximate surface area is 550 Å². The number of aliphatic hydroxyl groups is 9. The van der Waals surface area contributed by atoms with E-state index in [1.54, 1.807) is 27.7 Å². The number of ether oxygens (including phenoxy) is 11. The number of carbonyl (C=O) groups excluding carboxylic acids is 4. The number of rotatable bonds is 19.